The van der Waals surface area contributed by atoms with Gasteiger partial charge in [-0.15, -0.1) is 0 Å². The van der Waals surface area contributed by atoms with Gasteiger partial charge in [-0.1, -0.05) is 18.2 Å². The van der Waals surface area contributed by atoms with Crippen molar-refractivity contribution in [2.75, 3.05) is 5.73 Å². The Balaban J connectivity index is 0.000000171. The van der Waals surface area contributed by atoms with Crippen LogP contribution in [-0.2, 0) is 10.7 Å². The highest BCUT2D eigenvalue weighted by molar-refractivity contribution is 7.72. The van der Waals surface area contributed by atoms with Gasteiger partial charge in [0, 0.05) is 5.69 Å². The average molecular weight is 251 g/mol. The van der Waals surface area contributed by atoms with Crippen LogP contribution < -0.4 is 5.73 Å². The molecule has 2 aromatic carbocycles. The number of thiol groups is 1. The number of benzene rings is 2. The maximum Gasteiger partial charge on any atom is 0.168 e. The van der Waals surface area contributed by atoms with Crippen LogP contribution in [-0.4, -0.2) is 13.5 Å². The normalized spacial score (nSPS) is 9.47. The first-order valence-electron chi connectivity index (χ1n) is 4.83. The minimum atomic E-state index is -2.40. The number of hydrogen-bond donors (Lipinski definition) is 3. The minimum Gasteiger partial charge on any atom is -0.508 e. The summed E-state index contributed by atoms with van der Waals surface area (Å²) >= 11 is 0. The third-order valence-corrected chi connectivity index (χ3v) is 2.58. The molecule has 0 saturated heterocycles. The molecule has 0 bridgehead atoms. The summed E-state index contributed by atoms with van der Waals surface area (Å²) < 4.78 is 20.5. The van der Waals surface area contributed by atoms with Crippen molar-refractivity contribution in [3.05, 3.63) is 54.6 Å². The first-order valence-corrected chi connectivity index (χ1v) is 6.01. The van der Waals surface area contributed by atoms with E-state index in [-0.39, 0.29) is 5.75 Å². The number of hydrogen-bond acceptors (Lipinski definition) is 4. The van der Waals surface area contributed by atoms with Crippen molar-refractivity contribution >= 4 is 16.4 Å². The largest absolute Gasteiger partial charge is 0.508 e. The Morgan fingerprint density at radius 3 is 1.76 bits per heavy atom. The summed E-state index contributed by atoms with van der Waals surface area (Å²) in [6, 6.07) is 14.7. The highest BCUT2D eigenvalue weighted by atomic mass is 32.2. The van der Waals surface area contributed by atoms with E-state index in [0.717, 1.165) is 0 Å². The zero-order chi connectivity index (χ0) is 12.7. The third kappa shape index (κ3) is 5.03. The second kappa shape index (κ2) is 6.55. The van der Waals surface area contributed by atoms with E-state index < -0.39 is 10.7 Å². The van der Waals surface area contributed by atoms with Gasteiger partial charge in [-0.2, -0.15) is 0 Å². The van der Waals surface area contributed by atoms with E-state index in [1.54, 1.807) is 54.6 Å². The van der Waals surface area contributed by atoms with Crippen molar-refractivity contribution < 1.29 is 13.5 Å². The van der Waals surface area contributed by atoms with Gasteiger partial charge in [-0.3, -0.25) is 0 Å². The first-order chi connectivity index (χ1) is 8.09. The maximum atomic E-state index is 10.2. The topological polar surface area (TPSA) is 80.4 Å². The molecule has 17 heavy (non-hydrogen) atoms. The molecule has 3 N–H and O–H groups in total. The zero-order valence-electron chi connectivity index (χ0n) is 8.98. The molecule has 2 aromatic rings. The Labute approximate surface area is 101 Å². The van der Waals surface area contributed by atoms with Gasteiger partial charge in [0.25, 0.3) is 0 Å². The molecule has 0 aliphatic rings. The van der Waals surface area contributed by atoms with Gasteiger partial charge in [0.1, 0.15) is 5.75 Å². The predicted molar refractivity (Wildman–Crippen MR) is 67.5 cm³/mol. The summed E-state index contributed by atoms with van der Waals surface area (Å²) in [6.45, 7) is 0. The molecule has 0 aliphatic heterocycles. The van der Waals surface area contributed by atoms with Crippen molar-refractivity contribution in [3.8, 4) is 5.75 Å². The second-order valence-electron chi connectivity index (χ2n) is 3.18. The van der Waals surface area contributed by atoms with Crippen LogP contribution in [0.15, 0.2) is 59.5 Å². The van der Waals surface area contributed by atoms with Crippen LogP contribution in [0.25, 0.3) is 0 Å². The Hall–Kier alpha value is -2.01. The van der Waals surface area contributed by atoms with Crippen LogP contribution in [0.3, 0.4) is 0 Å². The summed E-state index contributed by atoms with van der Waals surface area (Å²) in [5, 5.41) is 8.70. The van der Waals surface area contributed by atoms with Crippen LogP contribution in [0.2, 0.25) is 0 Å². The quantitative estimate of drug-likeness (QED) is 0.409. The van der Waals surface area contributed by atoms with Gasteiger partial charge in [-0.05, 0) is 36.4 Å². The highest BCUT2D eigenvalue weighted by Crippen LogP contribution is 2.09. The number of phenols is 1. The fourth-order valence-electron chi connectivity index (χ4n) is 1.02. The van der Waals surface area contributed by atoms with E-state index in [1.165, 1.54) is 0 Å². The first kappa shape index (κ1) is 13.1. The number of nitrogen functional groups attached to an aromatic ring is 1. The highest BCUT2D eigenvalue weighted by Gasteiger charge is 1.87. The van der Waals surface area contributed by atoms with Crippen LogP contribution in [0.5, 0.6) is 5.75 Å². The summed E-state index contributed by atoms with van der Waals surface area (Å²) in [6.07, 6.45) is 0. The average Bonchev–Trinajstić information content (AvgIpc) is 2.35. The van der Waals surface area contributed by atoms with E-state index in [1.807, 2.05) is 0 Å². The minimum absolute atomic E-state index is 0.249. The summed E-state index contributed by atoms with van der Waals surface area (Å²) in [5.74, 6) is 0.249. The SMILES string of the molecule is Nc1ccc(O)cc1.O=[SH](=O)c1ccccc1. The summed E-state index contributed by atoms with van der Waals surface area (Å²) in [7, 11) is -2.40. The molecule has 0 aliphatic carbocycles. The Morgan fingerprint density at radius 2 is 1.41 bits per heavy atom. The van der Waals surface area contributed by atoms with Crippen LogP contribution in [0.1, 0.15) is 0 Å². The summed E-state index contributed by atoms with van der Waals surface area (Å²) in [5.41, 5.74) is 5.98. The van der Waals surface area contributed by atoms with Gasteiger partial charge in [0.05, 0.1) is 4.90 Å². The molecule has 4 nitrogen and oxygen atoms in total. The Kier molecular flexibility index (Phi) is 5.03. The molecular weight excluding hydrogens is 238 g/mol. The van der Waals surface area contributed by atoms with Gasteiger partial charge < -0.3 is 10.8 Å². The molecule has 0 unspecified atom stereocenters. The lowest BCUT2D eigenvalue weighted by molar-refractivity contribution is 0.475. The Morgan fingerprint density at radius 1 is 0.882 bits per heavy atom. The Bertz CT molecular complexity index is 492. The van der Waals surface area contributed by atoms with Crippen LogP contribution in [0.4, 0.5) is 5.69 Å². The van der Waals surface area contributed by atoms with Gasteiger partial charge in [0.15, 0.2) is 10.7 Å². The molecule has 0 amide bonds. The molecule has 0 heterocycles. The summed E-state index contributed by atoms with van der Waals surface area (Å²) in [4.78, 5) is 0.368. The molecule has 0 saturated carbocycles. The lowest BCUT2D eigenvalue weighted by Crippen LogP contribution is -1.80. The zero-order valence-corrected chi connectivity index (χ0v) is 9.88. The van der Waals surface area contributed by atoms with Crippen molar-refractivity contribution in [1.29, 1.82) is 0 Å². The number of aromatic hydroxyl groups is 1. The molecule has 5 heteroatoms. The predicted octanol–water partition coefficient (Wildman–Crippen LogP) is 1.63. The molecule has 0 radical (unpaired) electrons. The van der Waals surface area contributed by atoms with Crippen molar-refractivity contribution in [2.45, 2.75) is 4.90 Å². The van der Waals surface area contributed by atoms with Gasteiger partial charge in [0.2, 0.25) is 0 Å². The second-order valence-corrected chi connectivity index (χ2v) is 4.21. The lowest BCUT2D eigenvalue weighted by Gasteiger charge is -1.89. The van der Waals surface area contributed by atoms with Crippen LogP contribution >= 0.6 is 0 Å². The third-order valence-electron chi connectivity index (χ3n) is 1.86. The van der Waals surface area contributed by atoms with Gasteiger partial charge in [-0.25, -0.2) is 8.42 Å². The molecular formula is C12H13NO3S. The molecule has 0 spiro atoms. The lowest BCUT2D eigenvalue weighted by atomic mass is 10.3. The fourth-order valence-corrected chi connectivity index (χ4v) is 1.44. The number of nitrogens with two attached hydrogens (primary N) is 1. The number of anilines is 1. The van der Waals surface area contributed by atoms with Crippen molar-refractivity contribution in [3.63, 3.8) is 0 Å². The van der Waals surface area contributed by atoms with Gasteiger partial charge >= 0.3 is 0 Å². The molecule has 2 rings (SSSR count). The van der Waals surface area contributed by atoms with Crippen molar-refractivity contribution in [2.24, 2.45) is 0 Å². The molecule has 0 fully saturated rings. The fraction of sp³-hybridized carbons (Fsp3) is 0. The standard InChI is InChI=1S/C6H7NO.C6H6O2S/c7-5-1-3-6(8)4-2-5;7-9(8)6-4-2-1-3-5-6/h1-4,8H,7H2;1-5,9H. The number of rotatable bonds is 1. The van der Waals surface area contributed by atoms with E-state index in [9.17, 15) is 8.42 Å². The van der Waals surface area contributed by atoms with Crippen LogP contribution in [0, 0.1) is 0 Å². The maximum absolute atomic E-state index is 10.2. The van der Waals surface area contributed by atoms with E-state index >= 15 is 0 Å². The van der Waals surface area contributed by atoms with E-state index in [0.29, 0.717) is 10.6 Å². The molecule has 0 aromatic heterocycles. The van der Waals surface area contributed by atoms with Crippen molar-refractivity contribution in [1.82, 2.24) is 0 Å². The number of phenolic OH excluding ortho intramolecular Hbond substituents is 1. The monoisotopic (exact) mass is 251 g/mol. The molecule has 90 valence electrons. The smallest absolute Gasteiger partial charge is 0.168 e. The van der Waals surface area contributed by atoms with E-state index in [4.69, 9.17) is 10.8 Å². The molecule has 0 atom stereocenters. The van der Waals surface area contributed by atoms with E-state index in [2.05, 4.69) is 0 Å².